The first kappa shape index (κ1) is 26.3. The van der Waals surface area contributed by atoms with Crippen LogP contribution in [0.5, 0.6) is 0 Å². The van der Waals surface area contributed by atoms with E-state index in [1.165, 1.54) is 4.90 Å². The summed E-state index contributed by atoms with van der Waals surface area (Å²) >= 11 is 0. The monoisotopic (exact) mass is 571 g/mol. The van der Waals surface area contributed by atoms with Crippen LogP contribution in [0.25, 0.3) is 11.1 Å². The maximum atomic E-state index is 15.8. The number of nitrogens with zero attached hydrogens (tertiary/aromatic N) is 1. The van der Waals surface area contributed by atoms with E-state index in [0.29, 0.717) is 5.69 Å². The summed E-state index contributed by atoms with van der Waals surface area (Å²) < 4.78 is 0. The minimum absolute atomic E-state index is 0.110. The number of benzene rings is 5. The van der Waals surface area contributed by atoms with E-state index in [2.05, 4.69) is 0 Å². The van der Waals surface area contributed by atoms with Crippen LogP contribution < -0.4 is 4.90 Å². The number of allylic oxidation sites excluding steroid dienone is 2. The van der Waals surface area contributed by atoms with Crippen LogP contribution in [0.2, 0.25) is 0 Å². The topological polar surface area (TPSA) is 54.5 Å². The molecule has 1 aliphatic heterocycles. The van der Waals surface area contributed by atoms with Gasteiger partial charge in [-0.1, -0.05) is 140 Å². The second kappa shape index (κ2) is 9.58. The normalized spacial score (nSPS) is 25.6. The number of imide groups is 1. The molecular weight excluding hydrogens is 542 g/mol. The lowest BCUT2D eigenvalue weighted by Crippen LogP contribution is -2.45. The van der Waals surface area contributed by atoms with E-state index in [9.17, 15) is 9.59 Å². The Kier molecular flexibility index (Phi) is 5.73. The molecular formula is C40H29NO3. The van der Waals surface area contributed by atoms with Gasteiger partial charge in [-0.05, 0) is 52.0 Å². The van der Waals surface area contributed by atoms with Gasteiger partial charge in [0.25, 0.3) is 0 Å². The van der Waals surface area contributed by atoms with Crippen molar-refractivity contribution >= 4 is 34.4 Å². The molecule has 0 spiro atoms. The molecule has 5 aromatic carbocycles. The Morgan fingerprint density at radius 3 is 1.25 bits per heavy atom. The van der Waals surface area contributed by atoms with Gasteiger partial charge in [-0.25, -0.2) is 4.90 Å². The number of rotatable bonds is 5. The van der Waals surface area contributed by atoms with Gasteiger partial charge in [0.15, 0.2) is 5.78 Å². The number of ketones is 1. The van der Waals surface area contributed by atoms with Crippen LogP contribution in [0.4, 0.5) is 5.69 Å². The van der Waals surface area contributed by atoms with Gasteiger partial charge in [0.2, 0.25) is 11.8 Å². The summed E-state index contributed by atoms with van der Waals surface area (Å²) in [5.74, 6) is -2.62. The van der Waals surface area contributed by atoms with E-state index in [1.807, 2.05) is 153 Å². The van der Waals surface area contributed by atoms with Crippen LogP contribution in [0, 0.1) is 18.8 Å². The zero-order valence-corrected chi connectivity index (χ0v) is 24.2. The van der Waals surface area contributed by atoms with Crippen molar-refractivity contribution in [3.05, 3.63) is 173 Å². The SMILES string of the molecule is Cc1ccccc1N1C(=O)[C@H]2[C@H](C1=O)[C@@]1(c3ccccc3)C(=O)[C@@]2(c2ccccc2)C(c2ccccc2)=C1c1ccccc1. The fourth-order valence-electron chi connectivity index (χ4n) is 8.39. The highest BCUT2D eigenvalue weighted by Crippen LogP contribution is 2.74. The number of hydrogen-bond acceptors (Lipinski definition) is 3. The molecule has 1 saturated heterocycles. The second-order valence-electron chi connectivity index (χ2n) is 11.9. The Hall–Kier alpha value is -5.35. The largest absolute Gasteiger partial charge is 0.297 e. The zero-order chi connectivity index (χ0) is 30.1. The van der Waals surface area contributed by atoms with Crippen molar-refractivity contribution < 1.29 is 14.4 Å². The first-order valence-corrected chi connectivity index (χ1v) is 15.0. The molecule has 2 bridgehead atoms. The van der Waals surface area contributed by atoms with Crippen molar-refractivity contribution in [2.45, 2.75) is 17.8 Å². The molecule has 0 unspecified atom stereocenters. The molecule has 8 rings (SSSR count). The molecule has 0 N–H and O–H groups in total. The molecule has 2 amide bonds. The van der Waals surface area contributed by atoms with Gasteiger partial charge in [0.05, 0.1) is 28.4 Å². The summed E-state index contributed by atoms with van der Waals surface area (Å²) in [6.45, 7) is 1.91. The molecule has 4 nitrogen and oxygen atoms in total. The summed E-state index contributed by atoms with van der Waals surface area (Å²) in [5, 5.41) is 0. The first-order valence-electron chi connectivity index (χ1n) is 15.0. The van der Waals surface area contributed by atoms with Crippen molar-refractivity contribution in [1.29, 1.82) is 0 Å². The van der Waals surface area contributed by atoms with Crippen molar-refractivity contribution in [3.8, 4) is 0 Å². The summed E-state index contributed by atoms with van der Waals surface area (Å²) in [4.78, 5) is 47.2. The number of Topliss-reactive ketones (excluding diaryl/α,β-unsaturated/α-hetero) is 1. The van der Waals surface area contributed by atoms with Gasteiger partial charge in [0, 0.05) is 0 Å². The lowest BCUT2D eigenvalue weighted by Gasteiger charge is -2.39. The Morgan fingerprint density at radius 1 is 0.477 bits per heavy atom. The van der Waals surface area contributed by atoms with Gasteiger partial charge in [-0.15, -0.1) is 0 Å². The predicted octanol–water partition coefficient (Wildman–Crippen LogP) is 7.18. The average molecular weight is 572 g/mol. The zero-order valence-electron chi connectivity index (χ0n) is 24.2. The third-order valence-electron chi connectivity index (χ3n) is 9.93. The standard InChI is InChI=1S/C40H29NO3/c1-26-16-14-15-25-31(26)41-36(42)34-35(37(41)43)40(30-23-12-5-13-24-30)33(28-19-8-3-9-20-28)32(27-17-6-2-7-18-27)39(34,38(40)44)29-21-10-4-11-22-29/h2-25,34-35H,1H3/t34-,35-,39+,40+/m1/s1. The van der Waals surface area contributed by atoms with Crippen LogP contribution in [0.15, 0.2) is 146 Å². The second-order valence-corrected chi connectivity index (χ2v) is 11.9. The third-order valence-corrected chi connectivity index (χ3v) is 9.93. The summed E-state index contributed by atoms with van der Waals surface area (Å²) in [6.07, 6.45) is 0. The van der Waals surface area contributed by atoms with Crippen molar-refractivity contribution in [3.63, 3.8) is 0 Å². The number of carbonyl (C=O) groups excluding carboxylic acids is 3. The van der Waals surface area contributed by atoms with Crippen molar-refractivity contribution in [2.24, 2.45) is 11.8 Å². The molecule has 2 aliphatic carbocycles. The highest BCUT2D eigenvalue weighted by molar-refractivity contribution is 6.39. The van der Waals surface area contributed by atoms with Gasteiger partial charge < -0.3 is 0 Å². The fraction of sp³-hybridized carbons (Fsp3) is 0.125. The summed E-state index contributed by atoms with van der Waals surface area (Å²) in [6, 6.07) is 46.6. The maximum Gasteiger partial charge on any atom is 0.239 e. The van der Waals surface area contributed by atoms with Crippen LogP contribution in [-0.2, 0) is 25.2 Å². The number of anilines is 1. The van der Waals surface area contributed by atoms with Gasteiger partial charge in [-0.3, -0.25) is 14.4 Å². The Bertz CT molecular complexity index is 1860. The Morgan fingerprint density at radius 2 is 0.841 bits per heavy atom. The quantitative estimate of drug-likeness (QED) is 0.210. The Balaban J connectivity index is 1.57. The number of carbonyl (C=O) groups is 3. The molecule has 2 fully saturated rings. The van der Waals surface area contributed by atoms with E-state index in [1.54, 1.807) is 0 Å². The van der Waals surface area contributed by atoms with Crippen molar-refractivity contribution in [2.75, 3.05) is 4.90 Å². The van der Waals surface area contributed by atoms with Gasteiger partial charge in [-0.2, -0.15) is 0 Å². The molecule has 1 saturated carbocycles. The van der Waals surface area contributed by atoms with Crippen LogP contribution in [0.3, 0.4) is 0 Å². The number of fused-ring (bicyclic) bond motifs is 5. The average Bonchev–Trinajstić information content (AvgIpc) is 3.59. The maximum absolute atomic E-state index is 15.8. The summed E-state index contributed by atoms with van der Waals surface area (Å²) in [7, 11) is 0. The molecule has 0 radical (unpaired) electrons. The molecule has 3 aliphatic rings. The molecule has 4 heteroatoms. The number of amides is 2. The van der Waals surface area contributed by atoms with E-state index >= 15 is 4.79 Å². The van der Waals surface area contributed by atoms with Crippen LogP contribution >= 0.6 is 0 Å². The van der Waals surface area contributed by atoms with Crippen molar-refractivity contribution in [1.82, 2.24) is 0 Å². The smallest absolute Gasteiger partial charge is 0.239 e. The lowest BCUT2D eigenvalue weighted by molar-refractivity contribution is -0.130. The van der Waals surface area contributed by atoms with Gasteiger partial charge >= 0.3 is 0 Å². The van der Waals surface area contributed by atoms with E-state index in [-0.39, 0.29) is 17.6 Å². The highest BCUT2D eigenvalue weighted by Gasteiger charge is 2.82. The number of hydrogen-bond donors (Lipinski definition) is 0. The van der Waals surface area contributed by atoms with E-state index < -0.39 is 22.7 Å². The molecule has 212 valence electrons. The van der Waals surface area contributed by atoms with Crippen LogP contribution in [0.1, 0.15) is 27.8 Å². The fourth-order valence-corrected chi connectivity index (χ4v) is 8.39. The lowest BCUT2D eigenvalue weighted by atomic mass is 9.59. The van der Waals surface area contributed by atoms with E-state index in [4.69, 9.17) is 0 Å². The molecule has 44 heavy (non-hydrogen) atoms. The summed E-state index contributed by atoms with van der Waals surface area (Å²) in [5.41, 5.74) is 3.43. The number of aryl methyl sites for hydroxylation is 1. The van der Waals surface area contributed by atoms with Crippen LogP contribution in [-0.4, -0.2) is 17.6 Å². The van der Waals surface area contributed by atoms with Gasteiger partial charge in [0.1, 0.15) is 0 Å². The first-order chi connectivity index (χ1) is 21.5. The highest BCUT2D eigenvalue weighted by atomic mass is 16.2. The third kappa shape index (κ3) is 3.15. The molecule has 0 aromatic heterocycles. The minimum Gasteiger partial charge on any atom is -0.297 e. The molecule has 4 atom stereocenters. The molecule has 1 heterocycles. The number of para-hydroxylation sites is 1. The van der Waals surface area contributed by atoms with E-state index in [0.717, 1.165) is 39.0 Å². The predicted molar refractivity (Wildman–Crippen MR) is 172 cm³/mol. The molecule has 5 aromatic rings. The Labute approximate surface area is 256 Å². The minimum atomic E-state index is -1.39.